The molecule has 2 atom stereocenters. The van der Waals surface area contributed by atoms with Crippen molar-refractivity contribution in [1.82, 2.24) is 5.32 Å². The van der Waals surface area contributed by atoms with Crippen LogP contribution < -0.4 is 5.32 Å². The number of aliphatic hydroxyl groups is 1. The second kappa shape index (κ2) is 6.12. The molecule has 0 aliphatic carbocycles. The van der Waals surface area contributed by atoms with Gasteiger partial charge < -0.3 is 10.2 Å². The molecular weight excluding hydrogens is 222 g/mol. The summed E-state index contributed by atoms with van der Waals surface area (Å²) in [6.07, 6.45) is -1.06. The SMILES string of the molecule is CC(O)C(NCC(=O)c1ccccc1)C(=O)O. The molecule has 0 heterocycles. The summed E-state index contributed by atoms with van der Waals surface area (Å²) in [5.41, 5.74) is 0.509. The summed E-state index contributed by atoms with van der Waals surface area (Å²) in [5.74, 6) is -1.39. The van der Waals surface area contributed by atoms with Gasteiger partial charge in [-0.2, -0.15) is 0 Å². The van der Waals surface area contributed by atoms with Crippen molar-refractivity contribution < 1.29 is 19.8 Å². The molecule has 92 valence electrons. The Morgan fingerprint density at radius 2 is 1.88 bits per heavy atom. The number of benzene rings is 1. The second-order valence-electron chi connectivity index (χ2n) is 3.73. The first kappa shape index (κ1) is 13.3. The third kappa shape index (κ3) is 3.97. The van der Waals surface area contributed by atoms with E-state index in [0.717, 1.165) is 0 Å². The van der Waals surface area contributed by atoms with Crippen LogP contribution in [0.3, 0.4) is 0 Å². The third-order valence-corrected chi connectivity index (χ3v) is 2.33. The van der Waals surface area contributed by atoms with Crippen LogP contribution in [0.4, 0.5) is 0 Å². The van der Waals surface area contributed by atoms with Crippen molar-refractivity contribution in [2.24, 2.45) is 0 Å². The molecule has 0 amide bonds. The Kier molecular flexibility index (Phi) is 4.81. The molecule has 1 aromatic carbocycles. The standard InChI is InChI=1S/C12H15NO4/c1-8(14)11(12(16)17)13-7-10(15)9-5-3-2-4-6-9/h2-6,8,11,13-14H,7H2,1H3,(H,16,17). The zero-order valence-corrected chi connectivity index (χ0v) is 9.46. The number of carboxylic acids is 1. The van der Waals surface area contributed by atoms with Gasteiger partial charge in [0, 0.05) is 5.56 Å². The minimum atomic E-state index is -1.18. The Morgan fingerprint density at radius 3 is 2.35 bits per heavy atom. The number of carbonyl (C=O) groups is 2. The van der Waals surface area contributed by atoms with Gasteiger partial charge in [0.1, 0.15) is 6.04 Å². The number of aliphatic carboxylic acids is 1. The summed E-state index contributed by atoms with van der Waals surface area (Å²) in [4.78, 5) is 22.4. The summed E-state index contributed by atoms with van der Waals surface area (Å²) < 4.78 is 0. The molecule has 0 aliphatic heterocycles. The van der Waals surface area contributed by atoms with Crippen molar-refractivity contribution in [2.75, 3.05) is 6.54 Å². The van der Waals surface area contributed by atoms with Crippen molar-refractivity contribution >= 4 is 11.8 Å². The van der Waals surface area contributed by atoms with E-state index < -0.39 is 18.1 Å². The van der Waals surface area contributed by atoms with Gasteiger partial charge in [0.2, 0.25) is 0 Å². The van der Waals surface area contributed by atoms with Crippen LogP contribution in [0.5, 0.6) is 0 Å². The van der Waals surface area contributed by atoms with E-state index in [1.807, 2.05) is 0 Å². The number of rotatable bonds is 6. The van der Waals surface area contributed by atoms with Crippen LogP contribution in [0.1, 0.15) is 17.3 Å². The van der Waals surface area contributed by atoms with Crippen molar-refractivity contribution in [3.8, 4) is 0 Å². The normalized spacial score (nSPS) is 14.0. The molecule has 1 rings (SSSR count). The molecule has 0 saturated carbocycles. The van der Waals surface area contributed by atoms with Gasteiger partial charge >= 0.3 is 5.97 Å². The largest absolute Gasteiger partial charge is 0.480 e. The molecule has 3 N–H and O–H groups in total. The van der Waals surface area contributed by atoms with E-state index >= 15 is 0 Å². The minimum Gasteiger partial charge on any atom is -0.480 e. The molecule has 1 aromatic rings. The summed E-state index contributed by atoms with van der Waals surface area (Å²) in [5, 5.41) is 20.5. The molecule has 2 unspecified atom stereocenters. The van der Waals surface area contributed by atoms with Crippen LogP contribution in [0.15, 0.2) is 30.3 Å². The Hall–Kier alpha value is -1.72. The maximum Gasteiger partial charge on any atom is 0.323 e. The lowest BCUT2D eigenvalue weighted by molar-refractivity contribution is -0.142. The Labute approximate surface area is 99.1 Å². The van der Waals surface area contributed by atoms with Gasteiger partial charge in [-0.1, -0.05) is 30.3 Å². The van der Waals surface area contributed by atoms with Crippen molar-refractivity contribution in [3.63, 3.8) is 0 Å². The summed E-state index contributed by atoms with van der Waals surface area (Å²) in [7, 11) is 0. The zero-order valence-electron chi connectivity index (χ0n) is 9.46. The van der Waals surface area contributed by atoms with Gasteiger partial charge in [-0.3, -0.25) is 14.9 Å². The Balaban J connectivity index is 2.56. The molecule has 5 heteroatoms. The molecule has 0 radical (unpaired) electrons. The average molecular weight is 237 g/mol. The fourth-order valence-corrected chi connectivity index (χ4v) is 1.39. The predicted octanol–water partition coefficient (Wildman–Crippen LogP) is 0.293. The second-order valence-corrected chi connectivity index (χ2v) is 3.73. The molecule has 17 heavy (non-hydrogen) atoms. The topological polar surface area (TPSA) is 86.6 Å². The zero-order chi connectivity index (χ0) is 12.8. The minimum absolute atomic E-state index is 0.119. The molecule has 0 spiro atoms. The average Bonchev–Trinajstić information content (AvgIpc) is 2.29. The van der Waals surface area contributed by atoms with Crippen molar-refractivity contribution in [3.05, 3.63) is 35.9 Å². The quantitative estimate of drug-likeness (QED) is 0.619. The highest BCUT2D eigenvalue weighted by Crippen LogP contribution is 2.00. The fourth-order valence-electron chi connectivity index (χ4n) is 1.39. The van der Waals surface area contributed by atoms with Gasteiger partial charge in [-0.15, -0.1) is 0 Å². The molecule has 0 aliphatic rings. The summed E-state index contributed by atoms with van der Waals surface area (Å²) in [6, 6.07) is 7.43. The van der Waals surface area contributed by atoms with Crippen LogP contribution in [0.25, 0.3) is 0 Å². The highest BCUT2D eigenvalue weighted by Gasteiger charge is 2.23. The van der Waals surface area contributed by atoms with Crippen LogP contribution in [-0.2, 0) is 4.79 Å². The number of nitrogens with one attached hydrogen (secondary N) is 1. The lowest BCUT2D eigenvalue weighted by Crippen LogP contribution is -2.46. The Morgan fingerprint density at radius 1 is 1.29 bits per heavy atom. The van der Waals surface area contributed by atoms with Gasteiger partial charge in [0.25, 0.3) is 0 Å². The van der Waals surface area contributed by atoms with Gasteiger partial charge in [-0.05, 0) is 6.92 Å². The number of Topliss-reactive ketones (excluding diaryl/α,β-unsaturated/α-hetero) is 1. The maximum atomic E-state index is 11.7. The van der Waals surface area contributed by atoms with E-state index in [1.54, 1.807) is 30.3 Å². The number of carbonyl (C=O) groups excluding carboxylic acids is 1. The lowest BCUT2D eigenvalue weighted by Gasteiger charge is -2.16. The van der Waals surface area contributed by atoms with Crippen molar-refractivity contribution in [1.29, 1.82) is 0 Å². The van der Waals surface area contributed by atoms with Gasteiger partial charge in [0.15, 0.2) is 5.78 Å². The molecule has 5 nitrogen and oxygen atoms in total. The number of ketones is 1. The monoisotopic (exact) mass is 237 g/mol. The predicted molar refractivity (Wildman–Crippen MR) is 61.9 cm³/mol. The van der Waals surface area contributed by atoms with E-state index in [1.165, 1.54) is 6.92 Å². The molecule has 0 bridgehead atoms. The third-order valence-electron chi connectivity index (χ3n) is 2.33. The smallest absolute Gasteiger partial charge is 0.323 e. The first-order valence-electron chi connectivity index (χ1n) is 5.25. The van der Waals surface area contributed by atoms with Crippen LogP contribution in [0, 0.1) is 0 Å². The first-order valence-corrected chi connectivity index (χ1v) is 5.25. The van der Waals surface area contributed by atoms with Crippen molar-refractivity contribution in [2.45, 2.75) is 19.1 Å². The van der Waals surface area contributed by atoms with Gasteiger partial charge in [-0.25, -0.2) is 0 Å². The van der Waals surface area contributed by atoms with E-state index in [-0.39, 0.29) is 12.3 Å². The number of carboxylic acid groups (broad SMARTS) is 1. The van der Waals surface area contributed by atoms with Crippen LogP contribution in [-0.4, -0.2) is 40.7 Å². The molecule has 0 saturated heterocycles. The summed E-state index contributed by atoms with van der Waals surface area (Å²) in [6.45, 7) is 1.24. The molecule has 0 aromatic heterocycles. The maximum absolute atomic E-state index is 11.7. The fraction of sp³-hybridized carbons (Fsp3) is 0.333. The molecular formula is C12H15NO4. The van der Waals surface area contributed by atoms with Crippen LogP contribution >= 0.6 is 0 Å². The van der Waals surface area contributed by atoms with E-state index in [2.05, 4.69) is 5.32 Å². The van der Waals surface area contributed by atoms with E-state index in [9.17, 15) is 14.7 Å². The first-order chi connectivity index (χ1) is 8.02. The number of hydrogen-bond donors (Lipinski definition) is 3. The Bertz CT molecular complexity index is 389. The summed E-state index contributed by atoms with van der Waals surface area (Å²) >= 11 is 0. The lowest BCUT2D eigenvalue weighted by atomic mass is 10.1. The van der Waals surface area contributed by atoms with Gasteiger partial charge in [0.05, 0.1) is 12.6 Å². The molecule has 0 fully saturated rings. The number of hydrogen-bond acceptors (Lipinski definition) is 4. The highest BCUT2D eigenvalue weighted by molar-refractivity contribution is 5.97. The van der Waals surface area contributed by atoms with Crippen LogP contribution in [0.2, 0.25) is 0 Å². The highest BCUT2D eigenvalue weighted by atomic mass is 16.4. The van der Waals surface area contributed by atoms with E-state index in [0.29, 0.717) is 5.56 Å². The van der Waals surface area contributed by atoms with E-state index in [4.69, 9.17) is 5.11 Å². The number of aliphatic hydroxyl groups excluding tert-OH is 1.